The lowest BCUT2D eigenvalue weighted by atomic mass is 10.1. The van der Waals surface area contributed by atoms with Crippen molar-refractivity contribution < 1.29 is 32.5 Å². The summed E-state index contributed by atoms with van der Waals surface area (Å²) in [6.45, 7) is -0.371. The van der Waals surface area contributed by atoms with Crippen LogP contribution in [0.2, 0.25) is 0 Å². The first-order valence-electron chi connectivity index (χ1n) is 9.85. The zero-order chi connectivity index (χ0) is 24.6. The van der Waals surface area contributed by atoms with Crippen molar-refractivity contribution in [2.75, 3.05) is 19.4 Å². The minimum absolute atomic E-state index is 0.0306. The Balaban J connectivity index is 1.76. The van der Waals surface area contributed by atoms with Crippen molar-refractivity contribution >= 4 is 27.1 Å². The molecule has 1 aromatic carbocycles. The van der Waals surface area contributed by atoms with Gasteiger partial charge in [0, 0.05) is 12.7 Å². The van der Waals surface area contributed by atoms with Crippen LogP contribution in [0.1, 0.15) is 17.4 Å². The molecule has 3 heterocycles. The Morgan fingerprint density at radius 1 is 1.29 bits per heavy atom. The third kappa shape index (κ3) is 4.53. The number of nitrogens with one attached hydrogen (secondary N) is 1. The van der Waals surface area contributed by atoms with Crippen LogP contribution in [0.15, 0.2) is 30.7 Å². The van der Waals surface area contributed by atoms with Crippen molar-refractivity contribution in [3.8, 4) is 17.6 Å². The second-order valence-corrected chi connectivity index (χ2v) is 8.79. The molecule has 34 heavy (non-hydrogen) atoms. The van der Waals surface area contributed by atoms with E-state index in [-0.39, 0.29) is 29.3 Å². The van der Waals surface area contributed by atoms with Gasteiger partial charge in [-0.15, -0.1) is 0 Å². The molecule has 0 aliphatic carbocycles. The number of halogens is 1. The van der Waals surface area contributed by atoms with Crippen LogP contribution in [0, 0.1) is 17.7 Å². The fourth-order valence-corrected chi connectivity index (χ4v) is 4.05. The summed E-state index contributed by atoms with van der Waals surface area (Å²) < 4.78 is 50.9. The molecule has 0 bridgehead atoms. The summed E-state index contributed by atoms with van der Waals surface area (Å²) in [6.07, 6.45) is -2.50. The highest BCUT2D eigenvalue weighted by Gasteiger charge is 2.44. The van der Waals surface area contributed by atoms with Crippen molar-refractivity contribution in [3.05, 3.63) is 47.7 Å². The maximum Gasteiger partial charge on any atom is 0.274 e. The SMILES string of the molecule is COc1cccc(F)c1C#Cc1cn([C@@H]2O[C@H](CNS(N)(=O)=O)[C@@H](O)[C@H]2O)c2ncnc(N)c12. The molecule has 0 saturated carbocycles. The smallest absolute Gasteiger partial charge is 0.274 e. The number of methoxy groups -OCH3 is 1. The number of aliphatic hydroxyl groups excluding tert-OH is 2. The minimum atomic E-state index is -4.04. The number of anilines is 1. The molecule has 1 saturated heterocycles. The Bertz CT molecular complexity index is 1400. The number of nitrogens with zero attached hydrogens (tertiary/aromatic N) is 3. The van der Waals surface area contributed by atoms with Gasteiger partial charge >= 0.3 is 0 Å². The van der Waals surface area contributed by atoms with Crippen molar-refractivity contribution in [3.63, 3.8) is 0 Å². The summed E-state index contributed by atoms with van der Waals surface area (Å²) in [6, 6.07) is 4.29. The van der Waals surface area contributed by atoms with Crippen LogP contribution >= 0.6 is 0 Å². The summed E-state index contributed by atoms with van der Waals surface area (Å²) in [5.41, 5.74) is 6.60. The molecule has 180 valence electrons. The van der Waals surface area contributed by atoms with Crippen LogP contribution in [0.5, 0.6) is 5.75 Å². The van der Waals surface area contributed by atoms with E-state index in [0.29, 0.717) is 10.9 Å². The third-order valence-corrected chi connectivity index (χ3v) is 5.82. The first-order chi connectivity index (χ1) is 16.1. The quantitative estimate of drug-likeness (QED) is 0.278. The van der Waals surface area contributed by atoms with Crippen LogP contribution in [0.4, 0.5) is 10.2 Å². The molecular weight excluding hydrogens is 471 g/mol. The fourth-order valence-electron chi connectivity index (χ4n) is 3.65. The van der Waals surface area contributed by atoms with E-state index < -0.39 is 40.6 Å². The highest BCUT2D eigenvalue weighted by Crippen LogP contribution is 2.34. The monoisotopic (exact) mass is 492 g/mol. The van der Waals surface area contributed by atoms with E-state index in [1.807, 2.05) is 4.72 Å². The highest BCUT2D eigenvalue weighted by molar-refractivity contribution is 7.87. The molecule has 4 atom stereocenters. The molecule has 0 spiro atoms. The standard InChI is InChI=1S/C20H21FN6O6S/c1-32-13-4-2-3-12(21)11(13)6-5-10-8-27(19-15(10)18(22)24-9-25-19)20-17(29)16(28)14(33-20)7-26-34(23,30)31/h2-4,8-9,14,16-17,20,26,28-29H,7H2,1H3,(H2,22,24,25)(H2,23,30,31)/t14-,16-,17-,20-/m1/s1. The van der Waals surface area contributed by atoms with Crippen molar-refractivity contribution in [1.82, 2.24) is 19.3 Å². The van der Waals surface area contributed by atoms with Crippen LogP contribution in [0.3, 0.4) is 0 Å². The lowest BCUT2D eigenvalue weighted by molar-refractivity contribution is -0.0327. The number of aliphatic hydroxyl groups is 2. The van der Waals surface area contributed by atoms with Gasteiger partial charge in [-0.3, -0.25) is 0 Å². The van der Waals surface area contributed by atoms with Gasteiger partial charge in [0.1, 0.15) is 53.2 Å². The van der Waals surface area contributed by atoms with Crippen LogP contribution in [-0.4, -0.2) is 65.1 Å². The molecule has 7 N–H and O–H groups in total. The molecule has 1 fully saturated rings. The Morgan fingerprint density at radius 3 is 2.76 bits per heavy atom. The van der Waals surface area contributed by atoms with Crippen LogP contribution in [0.25, 0.3) is 11.0 Å². The van der Waals surface area contributed by atoms with Gasteiger partial charge in [-0.05, 0) is 12.1 Å². The Labute approximate surface area is 193 Å². The molecule has 14 heteroatoms. The lowest BCUT2D eigenvalue weighted by Gasteiger charge is -2.17. The molecule has 1 aliphatic rings. The maximum absolute atomic E-state index is 14.3. The van der Waals surface area contributed by atoms with E-state index in [4.69, 9.17) is 20.3 Å². The normalized spacial score (nSPS) is 22.5. The second-order valence-electron chi connectivity index (χ2n) is 7.41. The largest absolute Gasteiger partial charge is 0.495 e. The van der Waals surface area contributed by atoms with E-state index in [2.05, 4.69) is 21.8 Å². The Morgan fingerprint density at radius 2 is 2.06 bits per heavy atom. The van der Waals surface area contributed by atoms with Crippen LogP contribution < -0.4 is 20.3 Å². The summed E-state index contributed by atoms with van der Waals surface area (Å²) >= 11 is 0. The number of nitrogens with two attached hydrogens (primary N) is 2. The number of ether oxygens (including phenoxy) is 2. The first-order valence-corrected chi connectivity index (χ1v) is 11.4. The minimum Gasteiger partial charge on any atom is -0.495 e. The van der Waals surface area contributed by atoms with Gasteiger partial charge in [-0.1, -0.05) is 17.9 Å². The van der Waals surface area contributed by atoms with Gasteiger partial charge in [-0.25, -0.2) is 19.5 Å². The van der Waals surface area contributed by atoms with Gasteiger partial charge in [0.15, 0.2) is 6.23 Å². The topological polar surface area (TPSA) is 188 Å². The highest BCUT2D eigenvalue weighted by atomic mass is 32.2. The molecule has 0 amide bonds. The number of benzene rings is 1. The molecular formula is C20H21FN6O6S. The summed E-state index contributed by atoms with van der Waals surface area (Å²) in [5.74, 6) is 5.28. The van der Waals surface area contributed by atoms with Gasteiger partial charge in [0.25, 0.3) is 10.2 Å². The number of aromatic nitrogens is 3. The Kier molecular flexibility index (Phi) is 6.41. The number of hydrogen-bond donors (Lipinski definition) is 5. The van der Waals surface area contributed by atoms with Gasteiger partial charge in [0.2, 0.25) is 0 Å². The fraction of sp³-hybridized carbons (Fsp3) is 0.300. The summed E-state index contributed by atoms with van der Waals surface area (Å²) in [5, 5.41) is 26.2. The van der Waals surface area contributed by atoms with Gasteiger partial charge in [-0.2, -0.15) is 13.1 Å². The molecule has 0 unspecified atom stereocenters. The van der Waals surface area contributed by atoms with Crippen molar-refractivity contribution in [2.45, 2.75) is 24.5 Å². The Hall–Kier alpha value is -3.32. The number of hydrogen-bond acceptors (Lipinski definition) is 9. The molecule has 3 aromatic rings. The third-order valence-electron chi connectivity index (χ3n) is 5.25. The van der Waals surface area contributed by atoms with E-state index in [1.165, 1.54) is 36.3 Å². The van der Waals surface area contributed by atoms with Crippen LogP contribution in [-0.2, 0) is 14.9 Å². The first kappa shape index (κ1) is 23.8. The van der Waals surface area contributed by atoms with E-state index >= 15 is 0 Å². The zero-order valence-electron chi connectivity index (χ0n) is 17.7. The van der Waals surface area contributed by atoms with E-state index in [0.717, 1.165) is 0 Å². The average molecular weight is 492 g/mol. The molecule has 4 rings (SSSR count). The van der Waals surface area contributed by atoms with E-state index in [9.17, 15) is 23.0 Å². The van der Waals surface area contributed by atoms with Crippen molar-refractivity contribution in [2.24, 2.45) is 5.14 Å². The molecule has 0 radical (unpaired) electrons. The molecule has 2 aromatic heterocycles. The van der Waals surface area contributed by atoms with Gasteiger partial charge in [0.05, 0.1) is 18.1 Å². The van der Waals surface area contributed by atoms with Crippen molar-refractivity contribution in [1.29, 1.82) is 0 Å². The number of fused-ring (bicyclic) bond motifs is 1. The zero-order valence-corrected chi connectivity index (χ0v) is 18.5. The lowest BCUT2D eigenvalue weighted by Crippen LogP contribution is -2.42. The molecule has 12 nitrogen and oxygen atoms in total. The maximum atomic E-state index is 14.3. The second kappa shape index (κ2) is 9.14. The van der Waals surface area contributed by atoms with Gasteiger partial charge < -0.3 is 30.0 Å². The summed E-state index contributed by atoms with van der Waals surface area (Å²) in [7, 11) is -2.65. The predicted octanol–water partition coefficient (Wildman–Crippen LogP) is -1.03. The number of rotatable bonds is 5. The molecule has 1 aliphatic heterocycles. The predicted molar refractivity (Wildman–Crippen MR) is 118 cm³/mol. The number of nitrogen functional groups attached to an aromatic ring is 1. The average Bonchev–Trinajstić information content (AvgIpc) is 3.29. The van der Waals surface area contributed by atoms with E-state index in [1.54, 1.807) is 6.07 Å². The summed E-state index contributed by atoms with van der Waals surface area (Å²) in [4.78, 5) is 8.15.